The first kappa shape index (κ1) is 22.5. The van der Waals surface area contributed by atoms with Crippen molar-refractivity contribution in [1.82, 2.24) is 10.2 Å². The summed E-state index contributed by atoms with van der Waals surface area (Å²) in [5, 5.41) is 3.37. The van der Waals surface area contributed by atoms with Gasteiger partial charge in [0, 0.05) is 26.7 Å². The minimum Gasteiger partial charge on any atom is -0.494 e. The summed E-state index contributed by atoms with van der Waals surface area (Å²) in [6, 6.07) is 8.08. The molecule has 0 amide bonds. The highest BCUT2D eigenvalue weighted by Gasteiger charge is 2.26. The van der Waals surface area contributed by atoms with E-state index in [4.69, 9.17) is 9.47 Å². The fraction of sp³-hybridized carbons (Fsp3) is 0.579. The second kappa shape index (κ2) is 12.0. The monoisotopic (exact) mass is 475 g/mol. The zero-order valence-electron chi connectivity index (χ0n) is 15.9. The first-order valence-corrected chi connectivity index (χ1v) is 8.87. The Labute approximate surface area is 173 Å². The molecule has 2 rings (SSSR count). The number of hydrogen-bond acceptors (Lipinski definition) is 4. The van der Waals surface area contributed by atoms with E-state index in [1.165, 1.54) is 12.7 Å². The maximum Gasteiger partial charge on any atom is 0.308 e. The molecule has 0 aliphatic carbocycles. The molecule has 0 unspecified atom stereocenters. The maximum absolute atomic E-state index is 11.6. The van der Waals surface area contributed by atoms with Gasteiger partial charge in [0.05, 0.1) is 19.6 Å². The molecule has 0 radical (unpaired) electrons. The van der Waals surface area contributed by atoms with Gasteiger partial charge in [-0.15, -0.1) is 24.0 Å². The molecule has 1 N–H and O–H groups in total. The molecule has 0 aromatic heterocycles. The lowest BCUT2D eigenvalue weighted by Crippen LogP contribution is -2.47. The fourth-order valence-corrected chi connectivity index (χ4v) is 2.92. The molecule has 1 aromatic carbocycles. The predicted octanol–water partition coefficient (Wildman–Crippen LogP) is 2.84. The molecule has 1 aliphatic heterocycles. The van der Waals surface area contributed by atoms with E-state index in [9.17, 15) is 4.79 Å². The van der Waals surface area contributed by atoms with Crippen molar-refractivity contribution in [2.45, 2.75) is 26.2 Å². The van der Waals surface area contributed by atoms with Crippen LogP contribution in [-0.2, 0) is 9.53 Å². The Bertz CT molecular complexity index is 570. The summed E-state index contributed by atoms with van der Waals surface area (Å²) in [7, 11) is 3.24. The molecule has 1 fully saturated rings. The number of methoxy groups -OCH3 is 1. The molecular weight excluding hydrogens is 445 g/mol. The van der Waals surface area contributed by atoms with Crippen LogP contribution in [0.5, 0.6) is 5.75 Å². The van der Waals surface area contributed by atoms with Crippen LogP contribution in [0, 0.1) is 12.8 Å². The van der Waals surface area contributed by atoms with Gasteiger partial charge < -0.3 is 19.7 Å². The normalized spacial score (nSPS) is 15.2. The Morgan fingerprint density at radius 3 is 2.50 bits per heavy atom. The Morgan fingerprint density at radius 1 is 1.27 bits per heavy atom. The molecular formula is C19H30IN3O3. The van der Waals surface area contributed by atoms with E-state index < -0.39 is 0 Å². The van der Waals surface area contributed by atoms with Gasteiger partial charge >= 0.3 is 5.97 Å². The van der Waals surface area contributed by atoms with Crippen molar-refractivity contribution in [1.29, 1.82) is 0 Å². The van der Waals surface area contributed by atoms with E-state index in [-0.39, 0.29) is 35.9 Å². The van der Waals surface area contributed by atoms with Gasteiger partial charge in [0.25, 0.3) is 0 Å². The maximum atomic E-state index is 11.6. The molecule has 7 heteroatoms. The van der Waals surface area contributed by atoms with Crippen molar-refractivity contribution in [3.05, 3.63) is 29.8 Å². The van der Waals surface area contributed by atoms with Crippen LogP contribution in [0.25, 0.3) is 0 Å². The van der Waals surface area contributed by atoms with E-state index in [1.54, 1.807) is 7.05 Å². The van der Waals surface area contributed by atoms with Crippen molar-refractivity contribution < 1.29 is 14.3 Å². The number of halogens is 1. The summed E-state index contributed by atoms with van der Waals surface area (Å²) in [5.41, 5.74) is 1.23. The topological polar surface area (TPSA) is 63.2 Å². The zero-order chi connectivity index (χ0) is 18.1. The molecule has 1 saturated heterocycles. The van der Waals surface area contributed by atoms with Gasteiger partial charge in [-0.1, -0.05) is 17.7 Å². The summed E-state index contributed by atoms with van der Waals surface area (Å²) >= 11 is 0. The number of carbonyl (C=O) groups excluding carboxylic acids is 1. The molecule has 0 bridgehead atoms. The summed E-state index contributed by atoms with van der Waals surface area (Å²) in [6.07, 6.45) is 2.51. The van der Waals surface area contributed by atoms with Gasteiger partial charge in [0.1, 0.15) is 5.75 Å². The van der Waals surface area contributed by atoms with Crippen molar-refractivity contribution in [2.75, 3.05) is 40.4 Å². The van der Waals surface area contributed by atoms with E-state index >= 15 is 0 Å². The lowest BCUT2D eigenvalue weighted by atomic mass is 9.97. The van der Waals surface area contributed by atoms with Crippen LogP contribution in [0.3, 0.4) is 0 Å². The van der Waals surface area contributed by atoms with Crippen molar-refractivity contribution in [2.24, 2.45) is 10.9 Å². The number of benzene rings is 1. The Kier molecular flexibility index (Phi) is 10.4. The second-order valence-electron chi connectivity index (χ2n) is 6.27. The number of guanidine groups is 1. The summed E-state index contributed by atoms with van der Waals surface area (Å²) < 4.78 is 10.6. The standard InChI is InChI=1S/C19H29N3O3.HI/c1-15-5-7-17(8-6-15)25-14-4-11-21-19(20-2)22-12-9-16(10-13-22)18(23)24-3;/h5-8,16H,4,9-14H2,1-3H3,(H,20,21);1H. The van der Waals surface area contributed by atoms with Crippen LogP contribution in [0.1, 0.15) is 24.8 Å². The minimum atomic E-state index is -0.101. The van der Waals surface area contributed by atoms with E-state index in [1.807, 2.05) is 24.3 Å². The van der Waals surface area contributed by atoms with E-state index in [2.05, 4.69) is 22.1 Å². The number of esters is 1. The van der Waals surface area contributed by atoms with Gasteiger partial charge in [-0.2, -0.15) is 0 Å². The van der Waals surface area contributed by atoms with Crippen LogP contribution >= 0.6 is 24.0 Å². The molecule has 1 heterocycles. The number of aliphatic imine (C=N–C) groups is 1. The highest BCUT2D eigenvalue weighted by Crippen LogP contribution is 2.18. The molecule has 146 valence electrons. The summed E-state index contributed by atoms with van der Waals surface area (Å²) in [5.74, 6) is 1.71. The van der Waals surface area contributed by atoms with Crippen LogP contribution in [0.4, 0.5) is 0 Å². The SMILES string of the molecule is CN=C(NCCCOc1ccc(C)cc1)N1CCC(C(=O)OC)CC1.I. The third-order valence-electron chi connectivity index (χ3n) is 4.43. The van der Waals surface area contributed by atoms with Crippen LogP contribution < -0.4 is 10.1 Å². The van der Waals surface area contributed by atoms with Gasteiger partial charge in [-0.05, 0) is 38.3 Å². The molecule has 0 atom stereocenters. The van der Waals surface area contributed by atoms with Crippen LogP contribution in [0.15, 0.2) is 29.3 Å². The van der Waals surface area contributed by atoms with Gasteiger partial charge in [0.2, 0.25) is 0 Å². The highest BCUT2D eigenvalue weighted by molar-refractivity contribution is 14.0. The Hall–Kier alpha value is -1.51. The third-order valence-corrected chi connectivity index (χ3v) is 4.43. The van der Waals surface area contributed by atoms with Crippen molar-refractivity contribution >= 4 is 35.9 Å². The van der Waals surface area contributed by atoms with E-state index in [0.717, 1.165) is 50.6 Å². The average molecular weight is 475 g/mol. The van der Waals surface area contributed by atoms with Gasteiger partial charge in [-0.25, -0.2) is 0 Å². The van der Waals surface area contributed by atoms with Crippen molar-refractivity contribution in [3.63, 3.8) is 0 Å². The zero-order valence-corrected chi connectivity index (χ0v) is 18.2. The first-order chi connectivity index (χ1) is 12.1. The quantitative estimate of drug-likeness (QED) is 0.226. The average Bonchev–Trinajstić information content (AvgIpc) is 2.65. The number of nitrogens with zero attached hydrogens (tertiary/aromatic N) is 2. The Morgan fingerprint density at radius 2 is 1.92 bits per heavy atom. The van der Waals surface area contributed by atoms with Gasteiger partial charge in [-0.3, -0.25) is 9.79 Å². The summed E-state index contributed by atoms with van der Waals surface area (Å²) in [6.45, 7) is 5.17. The molecule has 0 saturated carbocycles. The first-order valence-electron chi connectivity index (χ1n) is 8.87. The molecule has 1 aliphatic rings. The lowest BCUT2D eigenvalue weighted by Gasteiger charge is -2.33. The second-order valence-corrected chi connectivity index (χ2v) is 6.27. The highest BCUT2D eigenvalue weighted by atomic mass is 127. The number of nitrogens with one attached hydrogen (secondary N) is 1. The third kappa shape index (κ3) is 7.01. The van der Waals surface area contributed by atoms with Crippen molar-refractivity contribution in [3.8, 4) is 5.75 Å². The number of rotatable bonds is 6. The number of carbonyl (C=O) groups is 1. The summed E-state index contributed by atoms with van der Waals surface area (Å²) in [4.78, 5) is 18.1. The smallest absolute Gasteiger partial charge is 0.308 e. The minimum absolute atomic E-state index is 0. The fourth-order valence-electron chi connectivity index (χ4n) is 2.92. The van der Waals surface area contributed by atoms with Gasteiger partial charge in [0.15, 0.2) is 5.96 Å². The predicted molar refractivity (Wildman–Crippen MR) is 114 cm³/mol. The molecule has 26 heavy (non-hydrogen) atoms. The number of ether oxygens (including phenoxy) is 2. The largest absolute Gasteiger partial charge is 0.494 e. The Balaban J connectivity index is 0.00000338. The number of likely N-dealkylation sites (tertiary alicyclic amines) is 1. The van der Waals surface area contributed by atoms with E-state index in [0.29, 0.717) is 6.61 Å². The number of piperidine rings is 1. The molecule has 6 nitrogen and oxygen atoms in total. The molecule has 1 aromatic rings. The van der Waals surface area contributed by atoms with Crippen LogP contribution in [-0.4, -0.2) is 57.2 Å². The number of aryl methyl sites for hydroxylation is 1. The molecule has 0 spiro atoms. The lowest BCUT2D eigenvalue weighted by molar-refractivity contribution is -0.146. The number of hydrogen-bond donors (Lipinski definition) is 1. The van der Waals surface area contributed by atoms with Crippen LogP contribution in [0.2, 0.25) is 0 Å².